The summed E-state index contributed by atoms with van der Waals surface area (Å²) in [5, 5.41) is 0. The van der Waals surface area contributed by atoms with Crippen molar-refractivity contribution in [3.8, 4) is 0 Å². The molecular formula is C20H22N2O3S. The van der Waals surface area contributed by atoms with Crippen LogP contribution in [0.5, 0.6) is 0 Å². The number of hydrogen-bond acceptors (Lipinski definition) is 3. The molecule has 6 heteroatoms. The molecule has 2 aromatic carbocycles. The molecule has 26 heavy (non-hydrogen) atoms. The molecule has 0 saturated carbocycles. The summed E-state index contributed by atoms with van der Waals surface area (Å²) >= 11 is 0. The molecule has 0 fully saturated rings. The third kappa shape index (κ3) is 2.51. The van der Waals surface area contributed by atoms with Gasteiger partial charge >= 0.3 is 0 Å². The van der Waals surface area contributed by atoms with E-state index in [1.807, 2.05) is 43.9 Å². The molecule has 0 radical (unpaired) electrons. The molecule has 1 atom stereocenters. The van der Waals surface area contributed by atoms with Crippen LogP contribution in [-0.2, 0) is 21.2 Å². The first-order chi connectivity index (χ1) is 12.3. The average Bonchev–Trinajstić information content (AvgIpc) is 2.85. The maximum Gasteiger partial charge on any atom is 0.261 e. The zero-order valence-corrected chi connectivity index (χ0v) is 16.0. The number of benzene rings is 2. The molecule has 2 aliphatic heterocycles. The Balaban J connectivity index is 1.81. The van der Waals surface area contributed by atoms with Crippen LogP contribution in [0.3, 0.4) is 0 Å². The van der Waals surface area contributed by atoms with Gasteiger partial charge in [-0.05, 0) is 68.0 Å². The highest BCUT2D eigenvalue weighted by Gasteiger charge is 2.38. The van der Waals surface area contributed by atoms with Gasteiger partial charge in [0.1, 0.15) is 0 Å². The van der Waals surface area contributed by atoms with Crippen LogP contribution in [0, 0.1) is 13.8 Å². The van der Waals surface area contributed by atoms with Crippen LogP contribution in [0.1, 0.15) is 41.5 Å². The second kappa shape index (κ2) is 5.84. The summed E-state index contributed by atoms with van der Waals surface area (Å²) in [5.41, 5.74) is 5.09. The van der Waals surface area contributed by atoms with Crippen LogP contribution in [0.4, 0.5) is 11.4 Å². The molecule has 0 unspecified atom stereocenters. The standard InChI is InChI=1S/C20H22N2O3S/c1-12-6-4-7-13(2)18(12)21-26(24,25)16-10-15-8-5-9-22-19(15)17(11-16)14(3)20(22)23/h4,6-7,10-11,14,21H,5,8-9H2,1-3H3/t14-/m1/s1. The van der Waals surface area contributed by atoms with Gasteiger partial charge in [-0.15, -0.1) is 0 Å². The van der Waals surface area contributed by atoms with Crippen molar-refractivity contribution < 1.29 is 13.2 Å². The molecule has 0 spiro atoms. The zero-order valence-electron chi connectivity index (χ0n) is 15.2. The fourth-order valence-electron chi connectivity index (χ4n) is 3.99. The Kier molecular flexibility index (Phi) is 3.84. The second-order valence-corrected chi connectivity index (χ2v) is 8.89. The van der Waals surface area contributed by atoms with Crippen molar-refractivity contribution in [1.82, 2.24) is 0 Å². The van der Waals surface area contributed by atoms with Gasteiger partial charge in [0.2, 0.25) is 5.91 Å². The number of nitrogens with zero attached hydrogens (tertiary/aromatic N) is 1. The SMILES string of the molecule is Cc1cccc(C)c1NS(=O)(=O)c1cc2c3c(c1)[C@@H](C)C(=O)N3CCC2. The number of sulfonamides is 1. The van der Waals surface area contributed by atoms with Crippen LogP contribution in [-0.4, -0.2) is 20.9 Å². The summed E-state index contributed by atoms with van der Waals surface area (Å²) in [7, 11) is -3.73. The number of carbonyl (C=O) groups is 1. The van der Waals surface area contributed by atoms with Crippen LogP contribution in [0.2, 0.25) is 0 Å². The fourth-order valence-corrected chi connectivity index (χ4v) is 5.28. The molecule has 0 aromatic heterocycles. The largest absolute Gasteiger partial charge is 0.311 e. The number of rotatable bonds is 3. The minimum absolute atomic E-state index is 0.0678. The third-order valence-electron chi connectivity index (χ3n) is 5.42. The van der Waals surface area contributed by atoms with Gasteiger partial charge in [0.15, 0.2) is 0 Å². The molecule has 1 amide bonds. The fraction of sp³-hybridized carbons (Fsp3) is 0.350. The van der Waals surface area contributed by atoms with E-state index in [1.54, 1.807) is 12.1 Å². The van der Waals surface area contributed by atoms with Gasteiger partial charge in [-0.3, -0.25) is 9.52 Å². The number of carbonyl (C=O) groups excluding carboxylic acids is 1. The topological polar surface area (TPSA) is 66.5 Å². The van der Waals surface area contributed by atoms with Crippen molar-refractivity contribution in [2.45, 2.75) is 44.4 Å². The van der Waals surface area contributed by atoms with Crippen molar-refractivity contribution in [2.75, 3.05) is 16.2 Å². The summed E-state index contributed by atoms with van der Waals surface area (Å²) in [4.78, 5) is 14.5. The summed E-state index contributed by atoms with van der Waals surface area (Å²) in [6.45, 7) is 6.34. The molecule has 2 aromatic rings. The molecule has 2 aliphatic rings. The zero-order chi connectivity index (χ0) is 18.6. The minimum atomic E-state index is -3.73. The van der Waals surface area contributed by atoms with Gasteiger partial charge in [0.05, 0.1) is 22.2 Å². The Hall–Kier alpha value is -2.34. The lowest BCUT2D eigenvalue weighted by atomic mass is 9.97. The Bertz CT molecular complexity index is 1010. The number of anilines is 2. The van der Waals surface area contributed by atoms with Gasteiger partial charge < -0.3 is 4.90 Å². The Morgan fingerprint density at radius 3 is 2.54 bits per heavy atom. The molecule has 0 bridgehead atoms. The van der Waals surface area contributed by atoms with Crippen LogP contribution in [0.25, 0.3) is 0 Å². The third-order valence-corrected chi connectivity index (χ3v) is 6.75. The van der Waals surface area contributed by atoms with Crippen molar-refractivity contribution >= 4 is 27.3 Å². The van der Waals surface area contributed by atoms with Gasteiger partial charge in [-0.2, -0.15) is 0 Å². The van der Waals surface area contributed by atoms with E-state index < -0.39 is 10.0 Å². The van der Waals surface area contributed by atoms with Crippen molar-refractivity contribution in [2.24, 2.45) is 0 Å². The first-order valence-corrected chi connectivity index (χ1v) is 10.3. The van der Waals surface area contributed by atoms with Gasteiger partial charge in [-0.1, -0.05) is 18.2 Å². The van der Waals surface area contributed by atoms with Gasteiger partial charge in [-0.25, -0.2) is 8.42 Å². The maximum absolute atomic E-state index is 13.1. The van der Waals surface area contributed by atoms with E-state index in [0.29, 0.717) is 5.69 Å². The first kappa shape index (κ1) is 17.1. The molecule has 5 nitrogen and oxygen atoms in total. The summed E-state index contributed by atoms with van der Waals surface area (Å²) < 4.78 is 28.8. The number of hydrogen-bond donors (Lipinski definition) is 1. The highest BCUT2D eigenvalue weighted by Crippen LogP contribution is 2.44. The van der Waals surface area contributed by atoms with E-state index in [9.17, 15) is 13.2 Å². The Morgan fingerprint density at radius 1 is 1.15 bits per heavy atom. The maximum atomic E-state index is 13.1. The van der Waals surface area contributed by atoms with Crippen LogP contribution in [0.15, 0.2) is 35.2 Å². The smallest absolute Gasteiger partial charge is 0.261 e. The number of nitrogens with one attached hydrogen (secondary N) is 1. The van der Waals surface area contributed by atoms with Gasteiger partial charge in [0.25, 0.3) is 10.0 Å². The summed E-state index contributed by atoms with van der Waals surface area (Å²) in [5.74, 6) is -0.226. The molecule has 0 saturated heterocycles. The molecular weight excluding hydrogens is 348 g/mol. The quantitative estimate of drug-likeness (QED) is 0.899. The van der Waals surface area contributed by atoms with E-state index in [4.69, 9.17) is 0 Å². The van der Waals surface area contributed by atoms with Gasteiger partial charge in [0, 0.05) is 6.54 Å². The molecule has 4 rings (SSSR count). The van der Waals surface area contributed by atoms with E-state index in [-0.39, 0.29) is 16.7 Å². The minimum Gasteiger partial charge on any atom is -0.311 e. The second-order valence-electron chi connectivity index (χ2n) is 7.21. The van der Waals surface area contributed by atoms with E-state index in [1.165, 1.54) is 0 Å². The summed E-state index contributed by atoms with van der Waals surface area (Å²) in [6, 6.07) is 9.07. The molecule has 2 heterocycles. The highest BCUT2D eigenvalue weighted by molar-refractivity contribution is 7.92. The first-order valence-electron chi connectivity index (χ1n) is 8.87. The van der Waals surface area contributed by atoms with E-state index in [2.05, 4.69) is 4.72 Å². The van der Waals surface area contributed by atoms with Crippen molar-refractivity contribution in [1.29, 1.82) is 0 Å². The molecule has 0 aliphatic carbocycles. The van der Waals surface area contributed by atoms with E-state index in [0.717, 1.165) is 47.3 Å². The van der Waals surface area contributed by atoms with Crippen molar-refractivity contribution in [3.05, 3.63) is 52.6 Å². The number of para-hydroxylation sites is 1. The highest BCUT2D eigenvalue weighted by atomic mass is 32.2. The Morgan fingerprint density at radius 2 is 1.85 bits per heavy atom. The predicted octanol–water partition coefficient (Wildman–Crippen LogP) is 3.50. The van der Waals surface area contributed by atoms with Crippen LogP contribution >= 0.6 is 0 Å². The molecule has 136 valence electrons. The Labute approximate surface area is 154 Å². The molecule has 1 N–H and O–H groups in total. The lowest BCUT2D eigenvalue weighted by molar-refractivity contribution is -0.119. The average molecular weight is 370 g/mol. The number of aryl methyl sites for hydroxylation is 3. The lowest BCUT2D eigenvalue weighted by Crippen LogP contribution is -2.32. The number of amides is 1. The predicted molar refractivity (Wildman–Crippen MR) is 102 cm³/mol. The monoisotopic (exact) mass is 370 g/mol. The van der Waals surface area contributed by atoms with Crippen molar-refractivity contribution in [3.63, 3.8) is 0 Å². The van der Waals surface area contributed by atoms with E-state index >= 15 is 0 Å². The van der Waals surface area contributed by atoms with Crippen LogP contribution < -0.4 is 9.62 Å². The summed E-state index contributed by atoms with van der Waals surface area (Å²) in [6.07, 6.45) is 1.66. The normalized spacial score (nSPS) is 18.8. The lowest BCUT2D eigenvalue weighted by Gasteiger charge is -2.26.